The summed E-state index contributed by atoms with van der Waals surface area (Å²) in [6, 6.07) is 25.4. The first-order valence-corrected chi connectivity index (χ1v) is 10.9. The summed E-state index contributed by atoms with van der Waals surface area (Å²) >= 11 is 0. The molecule has 0 aliphatic rings. The highest BCUT2D eigenvalue weighted by atomic mass is 19.1. The second-order valence-corrected chi connectivity index (χ2v) is 8.13. The molecule has 5 heteroatoms. The molecule has 0 aliphatic heterocycles. The topological polar surface area (TPSA) is 58.2 Å². The van der Waals surface area contributed by atoms with E-state index in [-0.39, 0.29) is 23.3 Å². The number of carbonyl (C=O) groups excluding carboxylic acids is 2. The number of benzene rings is 3. The fraction of sp³-hybridized carbons (Fsp3) is 0.259. The van der Waals surface area contributed by atoms with E-state index >= 15 is 0 Å². The summed E-state index contributed by atoms with van der Waals surface area (Å²) in [6.45, 7) is 4.15. The van der Waals surface area contributed by atoms with E-state index < -0.39 is 17.8 Å². The molecule has 3 aromatic rings. The minimum Gasteiger partial charge on any atom is -0.354 e. The SMILES string of the molecule is CC(C)C(NC(=O)c1ccccc1F)C(=O)NCCC(c1ccccc1)c1ccccc1. The standard InChI is InChI=1S/C27H29FN2O2/c1-19(2)25(30-26(31)23-15-9-10-16-24(23)28)27(32)29-18-17-22(20-11-5-3-6-12-20)21-13-7-4-8-14-21/h3-16,19,22,25H,17-18H2,1-2H3,(H,29,32)(H,30,31). The molecule has 3 aromatic carbocycles. The minimum absolute atomic E-state index is 0.0702. The highest BCUT2D eigenvalue weighted by Crippen LogP contribution is 2.27. The molecule has 1 atom stereocenters. The fourth-order valence-electron chi connectivity index (χ4n) is 3.75. The van der Waals surface area contributed by atoms with Gasteiger partial charge in [-0.25, -0.2) is 4.39 Å². The first-order valence-electron chi connectivity index (χ1n) is 10.9. The van der Waals surface area contributed by atoms with Gasteiger partial charge in [0, 0.05) is 12.5 Å². The first-order chi connectivity index (χ1) is 15.5. The van der Waals surface area contributed by atoms with Crippen LogP contribution >= 0.6 is 0 Å². The zero-order valence-corrected chi connectivity index (χ0v) is 18.4. The van der Waals surface area contributed by atoms with Crippen molar-refractivity contribution < 1.29 is 14.0 Å². The van der Waals surface area contributed by atoms with Crippen LogP contribution in [0.2, 0.25) is 0 Å². The van der Waals surface area contributed by atoms with Crippen LogP contribution in [0, 0.1) is 11.7 Å². The summed E-state index contributed by atoms with van der Waals surface area (Å²) in [5, 5.41) is 5.64. The molecular formula is C27H29FN2O2. The maximum absolute atomic E-state index is 13.9. The quantitative estimate of drug-likeness (QED) is 0.504. The number of halogens is 1. The zero-order chi connectivity index (χ0) is 22.9. The number of carbonyl (C=O) groups is 2. The van der Waals surface area contributed by atoms with Gasteiger partial charge in [0.1, 0.15) is 11.9 Å². The van der Waals surface area contributed by atoms with E-state index in [1.165, 1.54) is 29.3 Å². The van der Waals surface area contributed by atoms with E-state index in [0.717, 1.165) is 0 Å². The minimum atomic E-state index is -0.756. The van der Waals surface area contributed by atoms with Gasteiger partial charge in [0.15, 0.2) is 0 Å². The van der Waals surface area contributed by atoms with E-state index in [4.69, 9.17) is 0 Å². The predicted molar refractivity (Wildman–Crippen MR) is 125 cm³/mol. The third kappa shape index (κ3) is 6.03. The van der Waals surface area contributed by atoms with Crippen molar-refractivity contribution in [3.05, 3.63) is 107 Å². The van der Waals surface area contributed by atoms with Crippen molar-refractivity contribution in [3.8, 4) is 0 Å². The molecule has 166 valence electrons. The van der Waals surface area contributed by atoms with Gasteiger partial charge >= 0.3 is 0 Å². The van der Waals surface area contributed by atoms with Crippen molar-refractivity contribution in [1.82, 2.24) is 10.6 Å². The lowest BCUT2D eigenvalue weighted by Gasteiger charge is -2.23. The van der Waals surface area contributed by atoms with Gasteiger partial charge in [-0.15, -0.1) is 0 Å². The molecule has 2 amide bonds. The molecule has 0 heterocycles. The predicted octanol–water partition coefficient (Wildman–Crippen LogP) is 4.92. The molecule has 0 bridgehead atoms. The Morgan fingerprint density at radius 1 is 0.812 bits per heavy atom. The maximum Gasteiger partial charge on any atom is 0.254 e. The maximum atomic E-state index is 13.9. The number of nitrogens with one attached hydrogen (secondary N) is 2. The molecule has 3 rings (SSSR count). The Labute approximate surface area is 188 Å². The third-order valence-electron chi connectivity index (χ3n) is 5.49. The number of hydrogen-bond acceptors (Lipinski definition) is 2. The van der Waals surface area contributed by atoms with E-state index in [2.05, 4.69) is 34.9 Å². The number of rotatable bonds is 9. The van der Waals surface area contributed by atoms with Crippen LogP contribution in [-0.2, 0) is 4.79 Å². The van der Waals surface area contributed by atoms with Crippen molar-refractivity contribution in [2.24, 2.45) is 5.92 Å². The van der Waals surface area contributed by atoms with Crippen LogP contribution in [0.15, 0.2) is 84.9 Å². The highest BCUT2D eigenvalue weighted by Gasteiger charge is 2.26. The van der Waals surface area contributed by atoms with Crippen LogP contribution in [-0.4, -0.2) is 24.4 Å². The molecule has 0 radical (unpaired) electrons. The average Bonchev–Trinajstić information content (AvgIpc) is 2.81. The number of hydrogen-bond donors (Lipinski definition) is 2. The van der Waals surface area contributed by atoms with Crippen LogP contribution in [0.4, 0.5) is 4.39 Å². The lowest BCUT2D eigenvalue weighted by atomic mass is 9.88. The van der Waals surface area contributed by atoms with Crippen molar-refractivity contribution in [2.75, 3.05) is 6.54 Å². The lowest BCUT2D eigenvalue weighted by molar-refractivity contribution is -0.123. The second kappa shape index (κ2) is 11.2. The van der Waals surface area contributed by atoms with E-state index in [9.17, 15) is 14.0 Å². The summed E-state index contributed by atoms with van der Waals surface area (Å²) in [4.78, 5) is 25.4. The lowest BCUT2D eigenvalue weighted by Crippen LogP contribution is -2.50. The van der Waals surface area contributed by atoms with Crippen LogP contribution < -0.4 is 10.6 Å². The summed E-state index contributed by atoms with van der Waals surface area (Å²) in [5.41, 5.74) is 2.29. The van der Waals surface area contributed by atoms with Gasteiger partial charge in [-0.3, -0.25) is 9.59 Å². The summed E-state index contributed by atoms with van der Waals surface area (Å²) < 4.78 is 13.9. The summed E-state index contributed by atoms with van der Waals surface area (Å²) in [6.07, 6.45) is 0.714. The Morgan fingerprint density at radius 2 is 1.34 bits per heavy atom. The van der Waals surface area contributed by atoms with Gasteiger partial charge in [-0.1, -0.05) is 86.6 Å². The first kappa shape index (κ1) is 23.2. The molecule has 0 saturated carbocycles. The average molecular weight is 433 g/mol. The van der Waals surface area contributed by atoms with E-state index in [0.29, 0.717) is 13.0 Å². The molecule has 0 spiro atoms. The van der Waals surface area contributed by atoms with Gasteiger partial charge in [0.05, 0.1) is 5.56 Å². The smallest absolute Gasteiger partial charge is 0.254 e. The summed E-state index contributed by atoms with van der Waals surface area (Å²) in [5.74, 6) is -1.48. The molecular weight excluding hydrogens is 403 g/mol. The number of amides is 2. The molecule has 0 saturated heterocycles. The highest BCUT2D eigenvalue weighted by molar-refractivity contribution is 5.97. The molecule has 2 N–H and O–H groups in total. The summed E-state index contributed by atoms with van der Waals surface area (Å²) in [7, 11) is 0. The van der Waals surface area contributed by atoms with Crippen LogP contribution in [0.5, 0.6) is 0 Å². The van der Waals surface area contributed by atoms with Gasteiger partial charge in [0.2, 0.25) is 5.91 Å². The van der Waals surface area contributed by atoms with Crippen LogP contribution in [0.3, 0.4) is 0 Å². The fourth-order valence-corrected chi connectivity index (χ4v) is 3.75. The Bertz CT molecular complexity index is 983. The van der Waals surface area contributed by atoms with Gasteiger partial charge < -0.3 is 10.6 Å². The van der Waals surface area contributed by atoms with Gasteiger partial charge in [-0.05, 0) is 35.6 Å². The monoisotopic (exact) mass is 432 g/mol. The van der Waals surface area contributed by atoms with Crippen molar-refractivity contribution in [2.45, 2.75) is 32.2 Å². The second-order valence-electron chi connectivity index (χ2n) is 8.13. The molecule has 1 unspecified atom stereocenters. The molecule has 32 heavy (non-hydrogen) atoms. The molecule has 0 aromatic heterocycles. The Morgan fingerprint density at radius 3 is 1.88 bits per heavy atom. The molecule has 0 fully saturated rings. The third-order valence-corrected chi connectivity index (χ3v) is 5.49. The normalized spacial score (nSPS) is 11.9. The van der Waals surface area contributed by atoms with Crippen LogP contribution in [0.1, 0.15) is 47.7 Å². The Balaban J connectivity index is 1.65. The molecule has 0 aliphatic carbocycles. The van der Waals surface area contributed by atoms with E-state index in [1.54, 1.807) is 6.07 Å². The van der Waals surface area contributed by atoms with Crippen LogP contribution in [0.25, 0.3) is 0 Å². The van der Waals surface area contributed by atoms with Crippen molar-refractivity contribution >= 4 is 11.8 Å². The van der Waals surface area contributed by atoms with Crippen molar-refractivity contribution in [3.63, 3.8) is 0 Å². The molecule has 4 nitrogen and oxygen atoms in total. The largest absolute Gasteiger partial charge is 0.354 e. The van der Waals surface area contributed by atoms with E-state index in [1.807, 2.05) is 50.2 Å². The Hall–Kier alpha value is -3.47. The Kier molecular flexibility index (Phi) is 8.14. The van der Waals surface area contributed by atoms with Crippen molar-refractivity contribution in [1.29, 1.82) is 0 Å². The zero-order valence-electron chi connectivity index (χ0n) is 18.4. The van der Waals surface area contributed by atoms with Gasteiger partial charge in [0.25, 0.3) is 5.91 Å². The van der Waals surface area contributed by atoms with Gasteiger partial charge in [-0.2, -0.15) is 0 Å².